The minimum atomic E-state index is -0.419. The molecule has 0 saturated carbocycles. The topological polar surface area (TPSA) is 57.7 Å². The maximum absolute atomic E-state index is 11.8. The van der Waals surface area contributed by atoms with Gasteiger partial charge in [0.2, 0.25) is 0 Å². The Morgan fingerprint density at radius 1 is 1.45 bits per heavy atom. The van der Waals surface area contributed by atoms with Crippen LogP contribution in [0.1, 0.15) is 16.8 Å². The van der Waals surface area contributed by atoms with E-state index in [1.54, 1.807) is 18.3 Å². The van der Waals surface area contributed by atoms with Gasteiger partial charge in [-0.05, 0) is 18.2 Å². The predicted octanol–water partition coefficient (Wildman–Crippen LogP) is 3.42. The fourth-order valence-corrected chi connectivity index (χ4v) is 3.11. The molecule has 0 N–H and O–H groups in total. The quantitative estimate of drug-likeness (QED) is 0.799. The van der Waals surface area contributed by atoms with Gasteiger partial charge in [-0.1, -0.05) is 11.6 Å². The zero-order valence-electron chi connectivity index (χ0n) is 11.9. The molecule has 1 aromatic heterocycles. The monoisotopic (exact) mass is 339 g/mol. The molecule has 0 amide bonds. The number of nitrogens with zero attached hydrogens (tertiary/aromatic N) is 1. The first-order valence-electron chi connectivity index (χ1n) is 6.75. The summed E-state index contributed by atoms with van der Waals surface area (Å²) in [4.78, 5) is 16.1. The molecule has 7 heteroatoms. The van der Waals surface area contributed by atoms with Gasteiger partial charge in [0.15, 0.2) is 0 Å². The molecule has 5 nitrogen and oxygen atoms in total. The van der Waals surface area contributed by atoms with Crippen molar-refractivity contribution >= 4 is 28.9 Å². The average Bonchev–Trinajstić information content (AvgIpc) is 3.17. The summed E-state index contributed by atoms with van der Waals surface area (Å²) < 4.78 is 16.6. The lowest BCUT2D eigenvalue weighted by molar-refractivity contribution is 0.0600. The lowest BCUT2D eigenvalue weighted by Gasteiger charge is -2.13. The van der Waals surface area contributed by atoms with Crippen LogP contribution >= 0.6 is 22.9 Å². The number of rotatable bonds is 4. The van der Waals surface area contributed by atoms with E-state index in [1.165, 1.54) is 18.4 Å². The standard InChI is InChI=1S/C15H14ClNO4S/c1-19-15(18)10-4-9(14-17-7-13(16)22-14)5-12(6-10)21-11-2-3-20-8-11/h4-7,11H,2-3,8H2,1H3/t11-/m0/s1. The first-order valence-corrected chi connectivity index (χ1v) is 7.94. The minimum Gasteiger partial charge on any atom is -0.488 e. The predicted molar refractivity (Wildman–Crippen MR) is 83.8 cm³/mol. The van der Waals surface area contributed by atoms with E-state index in [0.29, 0.717) is 28.9 Å². The molecular formula is C15H14ClNO4S. The van der Waals surface area contributed by atoms with Crippen molar-refractivity contribution < 1.29 is 19.0 Å². The summed E-state index contributed by atoms with van der Waals surface area (Å²) in [5.74, 6) is 0.178. The summed E-state index contributed by atoms with van der Waals surface area (Å²) in [6.45, 7) is 1.25. The van der Waals surface area contributed by atoms with Gasteiger partial charge in [0.05, 0.1) is 32.1 Å². The Morgan fingerprint density at radius 2 is 2.32 bits per heavy atom. The van der Waals surface area contributed by atoms with Crippen LogP contribution in [0.2, 0.25) is 4.34 Å². The van der Waals surface area contributed by atoms with Gasteiger partial charge in [0.1, 0.15) is 21.2 Å². The lowest BCUT2D eigenvalue weighted by atomic mass is 10.1. The molecule has 116 valence electrons. The molecule has 0 unspecified atom stereocenters. The molecule has 1 atom stereocenters. The van der Waals surface area contributed by atoms with E-state index < -0.39 is 5.97 Å². The lowest BCUT2D eigenvalue weighted by Crippen LogP contribution is -2.16. The van der Waals surface area contributed by atoms with Crippen LogP contribution in [0.3, 0.4) is 0 Å². The van der Waals surface area contributed by atoms with Gasteiger partial charge in [0, 0.05) is 12.0 Å². The van der Waals surface area contributed by atoms with Crippen molar-refractivity contribution in [3.8, 4) is 16.3 Å². The van der Waals surface area contributed by atoms with Crippen LogP contribution in [0.15, 0.2) is 24.4 Å². The summed E-state index contributed by atoms with van der Waals surface area (Å²) >= 11 is 7.28. The van der Waals surface area contributed by atoms with Crippen LogP contribution in [0.25, 0.3) is 10.6 Å². The zero-order chi connectivity index (χ0) is 15.5. The number of methoxy groups -OCH3 is 1. The molecule has 0 bridgehead atoms. The van der Waals surface area contributed by atoms with Crippen LogP contribution < -0.4 is 4.74 Å². The molecule has 1 fully saturated rings. The highest BCUT2D eigenvalue weighted by atomic mass is 35.5. The Balaban J connectivity index is 1.95. The number of thiazole rings is 1. The maximum atomic E-state index is 11.8. The van der Waals surface area contributed by atoms with E-state index in [2.05, 4.69) is 4.98 Å². The van der Waals surface area contributed by atoms with Crippen LogP contribution in [0.5, 0.6) is 5.75 Å². The second kappa shape index (κ2) is 6.64. The van der Waals surface area contributed by atoms with Gasteiger partial charge in [-0.15, -0.1) is 11.3 Å². The normalized spacial score (nSPS) is 17.5. The molecule has 1 aliphatic rings. The molecule has 0 aliphatic carbocycles. The molecule has 1 aliphatic heterocycles. The zero-order valence-corrected chi connectivity index (χ0v) is 13.4. The summed E-state index contributed by atoms with van der Waals surface area (Å²) in [6, 6.07) is 5.24. The summed E-state index contributed by atoms with van der Waals surface area (Å²) in [5, 5.41) is 0.725. The van der Waals surface area contributed by atoms with E-state index in [0.717, 1.165) is 17.0 Å². The highest BCUT2D eigenvalue weighted by Gasteiger charge is 2.19. The van der Waals surface area contributed by atoms with Gasteiger partial charge >= 0.3 is 5.97 Å². The third kappa shape index (κ3) is 3.40. The number of benzene rings is 1. The van der Waals surface area contributed by atoms with Crippen molar-refractivity contribution in [2.45, 2.75) is 12.5 Å². The maximum Gasteiger partial charge on any atom is 0.338 e. The third-order valence-corrected chi connectivity index (χ3v) is 4.41. The minimum absolute atomic E-state index is 0.000583. The van der Waals surface area contributed by atoms with Gasteiger partial charge < -0.3 is 14.2 Å². The third-order valence-electron chi connectivity index (χ3n) is 3.24. The average molecular weight is 340 g/mol. The second-order valence-corrected chi connectivity index (χ2v) is 6.47. The van der Waals surface area contributed by atoms with Crippen molar-refractivity contribution in [3.05, 3.63) is 34.3 Å². The Bertz CT molecular complexity index is 682. The number of hydrogen-bond acceptors (Lipinski definition) is 6. The number of esters is 1. The number of halogens is 1. The van der Waals surface area contributed by atoms with Crippen LogP contribution in [-0.4, -0.2) is 37.4 Å². The van der Waals surface area contributed by atoms with Crippen LogP contribution in [0.4, 0.5) is 0 Å². The highest BCUT2D eigenvalue weighted by Crippen LogP contribution is 2.32. The van der Waals surface area contributed by atoms with Crippen LogP contribution in [-0.2, 0) is 9.47 Å². The summed E-state index contributed by atoms with van der Waals surface area (Å²) in [6.07, 6.45) is 2.42. The van der Waals surface area contributed by atoms with Crippen molar-refractivity contribution in [1.29, 1.82) is 0 Å². The summed E-state index contributed by atoms with van der Waals surface area (Å²) in [5.41, 5.74) is 1.19. The molecular weight excluding hydrogens is 326 g/mol. The van der Waals surface area contributed by atoms with Gasteiger partial charge in [-0.2, -0.15) is 0 Å². The molecule has 1 saturated heterocycles. The van der Waals surface area contributed by atoms with Gasteiger partial charge in [-0.25, -0.2) is 9.78 Å². The first-order chi connectivity index (χ1) is 10.7. The van der Waals surface area contributed by atoms with Gasteiger partial charge in [-0.3, -0.25) is 0 Å². The van der Waals surface area contributed by atoms with Crippen molar-refractivity contribution in [2.24, 2.45) is 0 Å². The molecule has 22 heavy (non-hydrogen) atoms. The Kier molecular flexibility index (Phi) is 4.61. The van der Waals surface area contributed by atoms with Crippen molar-refractivity contribution in [1.82, 2.24) is 4.98 Å². The Hall–Kier alpha value is -1.63. The summed E-state index contributed by atoms with van der Waals surface area (Å²) in [7, 11) is 1.35. The number of hydrogen-bond donors (Lipinski definition) is 0. The molecule has 2 aromatic rings. The fraction of sp³-hybridized carbons (Fsp3) is 0.333. The second-order valence-electron chi connectivity index (χ2n) is 4.81. The Morgan fingerprint density at radius 3 is 2.95 bits per heavy atom. The molecule has 3 rings (SSSR count). The SMILES string of the molecule is COC(=O)c1cc(O[C@H]2CCOC2)cc(-c2ncc(Cl)s2)c1. The van der Waals surface area contributed by atoms with E-state index in [1.807, 2.05) is 6.07 Å². The van der Waals surface area contributed by atoms with E-state index in [9.17, 15) is 4.79 Å². The van der Waals surface area contributed by atoms with E-state index >= 15 is 0 Å². The molecule has 2 heterocycles. The van der Waals surface area contributed by atoms with E-state index in [4.69, 9.17) is 25.8 Å². The fourth-order valence-electron chi connectivity index (χ4n) is 2.21. The van der Waals surface area contributed by atoms with Gasteiger partial charge in [0.25, 0.3) is 0 Å². The largest absolute Gasteiger partial charge is 0.488 e. The van der Waals surface area contributed by atoms with Crippen molar-refractivity contribution in [3.63, 3.8) is 0 Å². The number of ether oxygens (including phenoxy) is 3. The molecule has 0 radical (unpaired) electrons. The smallest absolute Gasteiger partial charge is 0.338 e. The number of carbonyl (C=O) groups is 1. The van der Waals surface area contributed by atoms with Crippen molar-refractivity contribution in [2.75, 3.05) is 20.3 Å². The molecule has 1 aromatic carbocycles. The number of aromatic nitrogens is 1. The first kappa shape index (κ1) is 15.3. The molecule has 0 spiro atoms. The van der Waals surface area contributed by atoms with Crippen LogP contribution in [0, 0.1) is 0 Å². The Labute approximate surface area is 136 Å². The highest BCUT2D eigenvalue weighted by molar-refractivity contribution is 7.18. The number of carbonyl (C=O) groups excluding carboxylic acids is 1. The van der Waals surface area contributed by atoms with E-state index in [-0.39, 0.29) is 6.10 Å².